The maximum Gasteiger partial charge on any atom is 0.193 e. The van der Waals surface area contributed by atoms with Gasteiger partial charge in [0.25, 0.3) is 0 Å². The minimum Gasteiger partial charge on any atom is -0.355 e. The number of guanidine groups is 1. The Morgan fingerprint density at radius 2 is 2.08 bits per heavy atom. The molecule has 0 heterocycles. The molecule has 0 aliphatic carbocycles. The molecule has 0 bridgehead atoms. The van der Waals surface area contributed by atoms with Gasteiger partial charge in [-0.15, -0.1) is 30.6 Å². The second-order valence-electron chi connectivity index (χ2n) is 5.08. The van der Waals surface area contributed by atoms with Crippen LogP contribution in [0.1, 0.15) is 12.8 Å². The molecule has 24 heavy (non-hydrogen) atoms. The van der Waals surface area contributed by atoms with Crippen molar-refractivity contribution in [3.63, 3.8) is 0 Å². The average Bonchev–Trinajstić information content (AvgIpc) is 2.52. The Bertz CT molecular complexity index is 650. The van der Waals surface area contributed by atoms with E-state index >= 15 is 0 Å². The molecular formula is C16H25FIN3O2S. The van der Waals surface area contributed by atoms with Crippen LogP contribution in [0.5, 0.6) is 0 Å². The molecule has 0 saturated carbocycles. The van der Waals surface area contributed by atoms with Gasteiger partial charge in [-0.1, -0.05) is 18.2 Å². The van der Waals surface area contributed by atoms with Gasteiger partial charge in [-0.05, 0) is 25.0 Å². The van der Waals surface area contributed by atoms with Crippen LogP contribution in [0.2, 0.25) is 0 Å². The number of unbranched alkanes of at least 4 members (excludes halogenated alkanes) is 1. The molecule has 0 aromatic heterocycles. The van der Waals surface area contributed by atoms with E-state index in [0.717, 1.165) is 25.5 Å². The zero-order valence-corrected chi connectivity index (χ0v) is 17.2. The van der Waals surface area contributed by atoms with Crippen LogP contribution in [0.4, 0.5) is 4.39 Å². The van der Waals surface area contributed by atoms with Gasteiger partial charge in [-0.3, -0.25) is 4.99 Å². The largest absolute Gasteiger partial charge is 0.355 e. The highest BCUT2D eigenvalue weighted by atomic mass is 127. The molecule has 0 aliphatic rings. The van der Waals surface area contributed by atoms with Gasteiger partial charge in [0.05, 0.1) is 5.75 Å². The van der Waals surface area contributed by atoms with E-state index < -0.39 is 15.7 Å². The Balaban J connectivity index is 0.00000529. The van der Waals surface area contributed by atoms with Gasteiger partial charge < -0.3 is 10.2 Å². The minimum atomic E-state index is -3.67. The third-order valence-corrected chi connectivity index (χ3v) is 5.04. The van der Waals surface area contributed by atoms with E-state index in [4.69, 9.17) is 0 Å². The van der Waals surface area contributed by atoms with Crippen molar-refractivity contribution in [3.8, 4) is 0 Å². The van der Waals surface area contributed by atoms with Crippen molar-refractivity contribution in [1.82, 2.24) is 10.2 Å². The van der Waals surface area contributed by atoms with E-state index in [2.05, 4.69) is 16.9 Å². The number of nitrogens with one attached hydrogen (secondary N) is 1. The Kier molecular flexibility index (Phi) is 10.9. The van der Waals surface area contributed by atoms with E-state index in [-0.39, 0.29) is 41.2 Å². The highest BCUT2D eigenvalue weighted by Crippen LogP contribution is 2.14. The fraction of sp³-hybridized carbons (Fsp3) is 0.438. The molecule has 1 aromatic rings. The van der Waals surface area contributed by atoms with Gasteiger partial charge in [0.1, 0.15) is 10.7 Å². The number of hydrogen-bond acceptors (Lipinski definition) is 3. The average molecular weight is 469 g/mol. The van der Waals surface area contributed by atoms with Gasteiger partial charge in [-0.25, -0.2) is 12.8 Å². The molecular weight excluding hydrogens is 444 g/mol. The normalized spacial score (nSPS) is 11.5. The highest BCUT2D eigenvalue weighted by Gasteiger charge is 2.18. The summed E-state index contributed by atoms with van der Waals surface area (Å²) in [6.07, 6.45) is 3.70. The van der Waals surface area contributed by atoms with Crippen molar-refractivity contribution in [1.29, 1.82) is 0 Å². The van der Waals surface area contributed by atoms with Crippen molar-refractivity contribution < 1.29 is 12.8 Å². The first-order chi connectivity index (χ1) is 10.9. The predicted octanol–water partition coefficient (Wildman–Crippen LogP) is 2.69. The van der Waals surface area contributed by atoms with Crippen molar-refractivity contribution in [2.45, 2.75) is 17.7 Å². The van der Waals surface area contributed by atoms with Crippen molar-refractivity contribution in [2.24, 2.45) is 4.99 Å². The number of hydrogen-bond donors (Lipinski definition) is 1. The standard InChI is InChI=1S/C16H24FN3O2S.HI/c1-4-5-8-12-20(3)16(18-2)19-11-13-23(21,22)15-10-7-6-9-14(15)17;/h4,6-7,9-10H,1,5,8,11-13H2,2-3H3,(H,18,19);1H. The number of nitrogens with zero attached hydrogens (tertiary/aromatic N) is 2. The van der Waals surface area contributed by atoms with Gasteiger partial charge in [-0.2, -0.15) is 0 Å². The Labute approximate surface area is 161 Å². The van der Waals surface area contributed by atoms with E-state index in [0.29, 0.717) is 5.96 Å². The third kappa shape index (κ3) is 7.16. The summed E-state index contributed by atoms with van der Waals surface area (Å²) in [4.78, 5) is 5.76. The molecule has 0 aliphatic heterocycles. The minimum absolute atomic E-state index is 0. The topological polar surface area (TPSA) is 61.8 Å². The van der Waals surface area contributed by atoms with Crippen LogP contribution < -0.4 is 5.32 Å². The number of rotatable bonds is 8. The fourth-order valence-corrected chi connectivity index (χ4v) is 3.31. The quantitative estimate of drug-likeness (QED) is 0.209. The molecule has 1 N–H and O–H groups in total. The van der Waals surface area contributed by atoms with Crippen molar-refractivity contribution >= 4 is 39.8 Å². The summed E-state index contributed by atoms with van der Waals surface area (Å²) in [5.74, 6) is -0.316. The Hall–Kier alpha value is -1.16. The van der Waals surface area contributed by atoms with Crippen LogP contribution >= 0.6 is 24.0 Å². The second-order valence-corrected chi connectivity index (χ2v) is 7.15. The first-order valence-electron chi connectivity index (χ1n) is 7.42. The van der Waals surface area contributed by atoms with Crippen LogP contribution in [0.3, 0.4) is 0 Å². The lowest BCUT2D eigenvalue weighted by atomic mass is 10.3. The van der Waals surface area contributed by atoms with Crippen LogP contribution in [0.25, 0.3) is 0 Å². The van der Waals surface area contributed by atoms with E-state index in [1.54, 1.807) is 7.05 Å². The summed E-state index contributed by atoms with van der Waals surface area (Å²) in [6.45, 7) is 4.62. The SMILES string of the molecule is C=CCCCN(C)C(=NC)NCCS(=O)(=O)c1ccccc1F.I. The van der Waals surface area contributed by atoms with E-state index in [1.165, 1.54) is 18.2 Å². The lowest BCUT2D eigenvalue weighted by Gasteiger charge is -2.21. The number of benzene rings is 1. The van der Waals surface area contributed by atoms with Crippen molar-refractivity contribution in [3.05, 3.63) is 42.7 Å². The predicted molar refractivity (Wildman–Crippen MR) is 107 cm³/mol. The Morgan fingerprint density at radius 3 is 2.67 bits per heavy atom. The second kappa shape index (κ2) is 11.4. The summed E-state index contributed by atoms with van der Waals surface area (Å²) in [7, 11) is -0.150. The third-order valence-electron chi connectivity index (χ3n) is 3.30. The fourth-order valence-electron chi connectivity index (χ4n) is 2.07. The molecule has 8 heteroatoms. The Morgan fingerprint density at radius 1 is 1.42 bits per heavy atom. The molecule has 0 unspecified atom stereocenters. The van der Waals surface area contributed by atoms with Gasteiger partial charge in [0.15, 0.2) is 15.8 Å². The number of aliphatic imine (C=N–C) groups is 1. The molecule has 0 fully saturated rings. The summed E-state index contributed by atoms with van der Waals surface area (Å²) < 4.78 is 37.9. The van der Waals surface area contributed by atoms with Gasteiger partial charge in [0.2, 0.25) is 0 Å². The maximum absolute atomic E-state index is 13.6. The highest BCUT2D eigenvalue weighted by molar-refractivity contribution is 14.0. The van der Waals surface area contributed by atoms with Gasteiger partial charge in [0, 0.05) is 27.2 Å². The zero-order valence-electron chi connectivity index (χ0n) is 14.0. The van der Waals surface area contributed by atoms with Gasteiger partial charge >= 0.3 is 0 Å². The molecule has 1 rings (SSSR count). The first-order valence-corrected chi connectivity index (χ1v) is 9.07. The lowest BCUT2D eigenvalue weighted by molar-refractivity contribution is 0.471. The zero-order chi connectivity index (χ0) is 17.3. The molecule has 5 nitrogen and oxygen atoms in total. The lowest BCUT2D eigenvalue weighted by Crippen LogP contribution is -2.41. The monoisotopic (exact) mass is 469 g/mol. The smallest absolute Gasteiger partial charge is 0.193 e. The van der Waals surface area contributed by atoms with Crippen molar-refractivity contribution in [2.75, 3.05) is 32.9 Å². The molecule has 0 saturated heterocycles. The molecule has 0 amide bonds. The van der Waals surface area contributed by atoms with Crippen LogP contribution in [0.15, 0.2) is 46.8 Å². The van der Waals surface area contributed by atoms with Crippen LogP contribution in [0, 0.1) is 5.82 Å². The summed E-state index contributed by atoms with van der Waals surface area (Å²) in [5.41, 5.74) is 0. The number of sulfone groups is 1. The molecule has 0 atom stereocenters. The number of allylic oxidation sites excluding steroid dienone is 1. The molecule has 0 spiro atoms. The first kappa shape index (κ1) is 22.8. The summed E-state index contributed by atoms with van der Waals surface area (Å²) in [5, 5.41) is 2.99. The van der Waals surface area contributed by atoms with E-state index in [1.807, 2.05) is 18.0 Å². The molecule has 136 valence electrons. The summed E-state index contributed by atoms with van der Waals surface area (Å²) in [6, 6.07) is 5.40. The van der Waals surface area contributed by atoms with E-state index in [9.17, 15) is 12.8 Å². The maximum atomic E-state index is 13.6. The van der Waals surface area contributed by atoms with Crippen LogP contribution in [-0.2, 0) is 9.84 Å². The van der Waals surface area contributed by atoms with Crippen LogP contribution in [-0.4, -0.2) is 52.2 Å². The molecule has 1 aromatic carbocycles. The summed E-state index contributed by atoms with van der Waals surface area (Å²) >= 11 is 0. The number of halogens is 2. The molecule has 0 radical (unpaired) electrons.